The second-order valence-corrected chi connectivity index (χ2v) is 8.06. The summed E-state index contributed by atoms with van der Waals surface area (Å²) in [6.07, 6.45) is 0. The Morgan fingerprint density at radius 2 is 1.86 bits per heavy atom. The van der Waals surface area contributed by atoms with Crippen molar-refractivity contribution in [3.63, 3.8) is 0 Å². The van der Waals surface area contributed by atoms with E-state index in [9.17, 15) is 14.0 Å². The molecule has 0 spiro atoms. The fourth-order valence-corrected chi connectivity index (χ4v) is 3.92. The molecule has 0 aliphatic heterocycles. The number of hydrogen-bond donors (Lipinski definition) is 2. The highest BCUT2D eigenvalue weighted by Gasteiger charge is 2.16. The molecule has 150 valence electrons. The third kappa shape index (κ3) is 5.75. The van der Waals surface area contributed by atoms with E-state index in [1.165, 1.54) is 41.3 Å². The Labute approximate surface area is 174 Å². The number of nitrogens with one attached hydrogen (secondary N) is 2. The van der Waals surface area contributed by atoms with Crippen LogP contribution in [0.1, 0.15) is 17.3 Å². The van der Waals surface area contributed by atoms with E-state index in [-0.39, 0.29) is 23.6 Å². The van der Waals surface area contributed by atoms with Crippen LogP contribution in [0, 0.1) is 5.82 Å². The SMILES string of the molecule is CCSc1nnc(NC(=O)c2ccccc2OCC(=O)Nc2ccccc2F)s1. The highest BCUT2D eigenvalue weighted by Crippen LogP contribution is 2.26. The number of nitrogens with zero attached hydrogens (tertiary/aromatic N) is 2. The van der Waals surface area contributed by atoms with Crippen LogP contribution in [0.4, 0.5) is 15.2 Å². The van der Waals surface area contributed by atoms with Gasteiger partial charge in [0.05, 0.1) is 11.3 Å². The zero-order valence-electron chi connectivity index (χ0n) is 15.3. The summed E-state index contributed by atoms with van der Waals surface area (Å²) in [4.78, 5) is 24.6. The van der Waals surface area contributed by atoms with Gasteiger partial charge in [-0.15, -0.1) is 10.2 Å². The summed E-state index contributed by atoms with van der Waals surface area (Å²) in [6.45, 7) is 1.62. The Hall–Kier alpha value is -2.98. The first-order chi connectivity index (χ1) is 14.1. The van der Waals surface area contributed by atoms with Crippen LogP contribution < -0.4 is 15.4 Å². The fraction of sp³-hybridized carbons (Fsp3) is 0.158. The molecule has 0 bridgehead atoms. The zero-order chi connectivity index (χ0) is 20.6. The molecule has 0 unspecified atom stereocenters. The maximum Gasteiger partial charge on any atom is 0.262 e. The first-order valence-electron chi connectivity index (χ1n) is 8.60. The normalized spacial score (nSPS) is 10.4. The Bertz CT molecular complexity index is 1010. The van der Waals surface area contributed by atoms with Crippen LogP contribution in [-0.4, -0.2) is 34.4 Å². The van der Waals surface area contributed by atoms with Gasteiger partial charge in [0, 0.05) is 0 Å². The maximum atomic E-state index is 13.6. The predicted molar refractivity (Wildman–Crippen MR) is 111 cm³/mol. The molecule has 0 saturated carbocycles. The van der Waals surface area contributed by atoms with Gasteiger partial charge in [-0.25, -0.2) is 4.39 Å². The number of ether oxygens (including phenoxy) is 1. The van der Waals surface area contributed by atoms with Gasteiger partial charge in [-0.3, -0.25) is 14.9 Å². The van der Waals surface area contributed by atoms with E-state index in [4.69, 9.17) is 4.74 Å². The van der Waals surface area contributed by atoms with Crippen LogP contribution in [0.15, 0.2) is 52.9 Å². The number of halogens is 1. The van der Waals surface area contributed by atoms with Crippen LogP contribution in [0.25, 0.3) is 0 Å². The highest BCUT2D eigenvalue weighted by atomic mass is 32.2. The van der Waals surface area contributed by atoms with Crippen molar-refractivity contribution in [3.05, 3.63) is 59.9 Å². The molecule has 0 aliphatic carbocycles. The molecule has 2 N–H and O–H groups in total. The van der Waals surface area contributed by atoms with Crippen molar-refractivity contribution in [2.45, 2.75) is 11.3 Å². The molecule has 2 amide bonds. The number of aromatic nitrogens is 2. The predicted octanol–water partition coefficient (Wildman–Crippen LogP) is 4.06. The van der Waals surface area contributed by atoms with Crippen molar-refractivity contribution in [1.29, 1.82) is 0 Å². The van der Waals surface area contributed by atoms with Gasteiger partial charge in [0.1, 0.15) is 11.6 Å². The monoisotopic (exact) mass is 432 g/mol. The highest BCUT2D eigenvalue weighted by molar-refractivity contribution is 8.01. The quantitative estimate of drug-likeness (QED) is 0.412. The molecule has 0 fully saturated rings. The van der Waals surface area contributed by atoms with Crippen molar-refractivity contribution in [1.82, 2.24) is 10.2 Å². The van der Waals surface area contributed by atoms with E-state index >= 15 is 0 Å². The summed E-state index contributed by atoms with van der Waals surface area (Å²) in [5, 5.41) is 13.4. The minimum absolute atomic E-state index is 0.0594. The summed E-state index contributed by atoms with van der Waals surface area (Å²) in [5.41, 5.74) is 0.301. The number of thioether (sulfide) groups is 1. The second kappa shape index (κ2) is 9.99. The molecule has 1 heterocycles. The van der Waals surface area contributed by atoms with Crippen molar-refractivity contribution in [2.24, 2.45) is 0 Å². The van der Waals surface area contributed by atoms with Crippen LogP contribution in [-0.2, 0) is 4.79 Å². The van der Waals surface area contributed by atoms with Crippen molar-refractivity contribution in [2.75, 3.05) is 23.0 Å². The van der Waals surface area contributed by atoms with E-state index in [1.807, 2.05) is 6.92 Å². The van der Waals surface area contributed by atoms with Crippen molar-refractivity contribution < 1.29 is 18.7 Å². The van der Waals surface area contributed by atoms with E-state index in [1.54, 1.807) is 30.3 Å². The fourth-order valence-electron chi connectivity index (χ4n) is 2.28. The van der Waals surface area contributed by atoms with Gasteiger partial charge >= 0.3 is 0 Å². The number of amides is 2. The first-order valence-corrected chi connectivity index (χ1v) is 10.4. The molecule has 2 aromatic carbocycles. The van der Waals surface area contributed by atoms with E-state index in [2.05, 4.69) is 20.8 Å². The lowest BCUT2D eigenvalue weighted by Crippen LogP contribution is -2.22. The van der Waals surface area contributed by atoms with Crippen molar-refractivity contribution in [3.8, 4) is 5.75 Å². The van der Waals surface area contributed by atoms with Crippen LogP contribution in [0.5, 0.6) is 5.75 Å². The van der Waals surface area contributed by atoms with Gasteiger partial charge in [0.15, 0.2) is 10.9 Å². The van der Waals surface area contributed by atoms with Gasteiger partial charge in [-0.05, 0) is 30.0 Å². The molecule has 1 aromatic heterocycles. The molecule has 0 atom stereocenters. The van der Waals surface area contributed by atoms with Crippen LogP contribution in [0.2, 0.25) is 0 Å². The van der Waals surface area contributed by atoms with Crippen LogP contribution in [0.3, 0.4) is 0 Å². The number of benzene rings is 2. The summed E-state index contributed by atoms with van der Waals surface area (Å²) in [6, 6.07) is 12.3. The molecule has 0 saturated heterocycles. The molecule has 0 radical (unpaired) electrons. The Balaban J connectivity index is 1.62. The topological polar surface area (TPSA) is 93.2 Å². The minimum Gasteiger partial charge on any atom is -0.483 e. The average Bonchev–Trinajstić information content (AvgIpc) is 3.15. The van der Waals surface area contributed by atoms with Crippen molar-refractivity contribution >= 4 is 45.7 Å². The lowest BCUT2D eigenvalue weighted by atomic mass is 10.2. The molecule has 3 rings (SSSR count). The molecule has 3 aromatic rings. The largest absolute Gasteiger partial charge is 0.483 e. The Kier molecular flexibility index (Phi) is 7.14. The number of rotatable bonds is 8. The number of para-hydroxylation sites is 2. The van der Waals surface area contributed by atoms with E-state index in [0.717, 1.165) is 10.1 Å². The maximum absolute atomic E-state index is 13.6. The number of carbonyl (C=O) groups is 2. The summed E-state index contributed by atoms with van der Waals surface area (Å²) in [5.74, 6) is -0.441. The molecule has 7 nitrogen and oxygen atoms in total. The standard InChI is InChI=1S/C19H17FN4O3S2/c1-2-28-19-24-23-18(29-19)22-17(26)12-7-3-6-10-15(12)27-11-16(25)21-14-9-5-4-8-13(14)20/h3-10H,2,11H2,1H3,(H,21,25)(H,22,23,26). The Morgan fingerprint density at radius 1 is 1.10 bits per heavy atom. The lowest BCUT2D eigenvalue weighted by Gasteiger charge is -2.11. The van der Waals surface area contributed by atoms with Gasteiger partial charge in [-0.1, -0.05) is 54.3 Å². The minimum atomic E-state index is -0.546. The van der Waals surface area contributed by atoms with Gasteiger partial charge in [0.2, 0.25) is 5.13 Å². The molecule has 0 aliphatic rings. The smallest absolute Gasteiger partial charge is 0.262 e. The first kappa shape index (κ1) is 20.7. The summed E-state index contributed by atoms with van der Waals surface area (Å²) < 4.78 is 19.9. The third-order valence-corrected chi connectivity index (χ3v) is 5.39. The number of hydrogen-bond acceptors (Lipinski definition) is 7. The zero-order valence-corrected chi connectivity index (χ0v) is 17.0. The molecule has 10 heteroatoms. The number of carbonyl (C=O) groups excluding carboxylic acids is 2. The van der Waals surface area contributed by atoms with E-state index in [0.29, 0.717) is 5.13 Å². The van der Waals surface area contributed by atoms with Gasteiger partial charge < -0.3 is 10.1 Å². The van der Waals surface area contributed by atoms with Gasteiger partial charge in [-0.2, -0.15) is 0 Å². The molecule has 29 heavy (non-hydrogen) atoms. The molecular formula is C19H17FN4O3S2. The molecular weight excluding hydrogens is 415 g/mol. The third-order valence-electron chi connectivity index (χ3n) is 3.53. The van der Waals surface area contributed by atoms with Crippen LogP contribution >= 0.6 is 23.1 Å². The summed E-state index contributed by atoms with van der Waals surface area (Å²) in [7, 11) is 0. The second-order valence-electron chi connectivity index (χ2n) is 5.57. The number of anilines is 2. The summed E-state index contributed by atoms with van der Waals surface area (Å²) >= 11 is 2.81. The lowest BCUT2D eigenvalue weighted by molar-refractivity contribution is -0.118. The van der Waals surface area contributed by atoms with Gasteiger partial charge in [0.25, 0.3) is 11.8 Å². The Morgan fingerprint density at radius 3 is 2.66 bits per heavy atom. The van der Waals surface area contributed by atoms with E-state index < -0.39 is 17.6 Å². The average molecular weight is 433 g/mol.